The summed E-state index contributed by atoms with van der Waals surface area (Å²) in [6.45, 7) is -0.837. The summed E-state index contributed by atoms with van der Waals surface area (Å²) < 4.78 is 20.7. The highest BCUT2D eigenvalue weighted by Gasteiger charge is 2.57. The van der Waals surface area contributed by atoms with Gasteiger partial charge in [0.25, 0.3) is 0 Å². The minimum Gasteiger partial charge on any atom is -0.392 e. The van der Waals surface area contributed by atoms with Crippen LogP contribution < -0.4 is 5.84 Å². The molecule has 0 aromatic carbocycles. The zero-order chi connectivity index (χ0) is 15.2. The Morgan fingerprint density at radius 2 is 2.38 bits per heavy atom. The average Bonchev–Trinajstić information content (AvgIpc) is 3.02. The molecule has 3 heterocycles. The zero-order valence-corrected chi connectivity index (χ0v) is 10.6. The lowest BCUT2D eigenvalue weighted by atomic mass is 9.96. The van der Waals surface area contributed by atoms with E-state index >= 15 is 0 Å². The summed E-state index contributed by atoms with van der Waals surface area (Å²) >= 11 is 0. The van der Waals surface area contributed by atoms with Crippen molar-refractivity contribution in [3.05, 3.63) is 18.1 Å². The second-order valence-electron chi connectivity index (χ2n) is 4.71. The smallest absolute Gasteiger partial charge is 0.206 e. The Balaban J connectivity index is 2.04. The van der Waals surface area contributed by atoms with Crippen molar-refractivity contribution in [2.45, 2.75) is 24.0 Å². The highest BCUT2D eigenvalue weighted by atomic mass is 19.1. The van der Waals surface area contributed by atoms with Crippen LogP contribution in [0.1, 0.15) is 11.7 Å². The van der Waals surface area contributed by atoms with Crippen molar-refractivity contribution in [3.8, 4) is 17.6 Å². The minimum atomic E-state index is -2.02. The molecule has 0 aliphatic carbocycles. The van der Waals surface area contributed by atoms with Crippen LogP contribution in [0.5, 0.6) is 0 Å². The maximum atomic E-state index is 14.3. The van der Waals surface area contributed by atoms with Crippen molar-refractivity contribution >= 4 is 0 Å². The minimum absolute atomic E-state index is 0.200. The van der Waals surface area contributed by atoms with Gasteiger partial charge in [0.15, 0.2) is 12.0 Å². The van der Waals surface area contributed by atoms with Gasteiger partial charge in [-0.2, -0.15) is 5.26 Å². The van der Waals surface area contributed by atoms with Gasteiger partial charge < -0.3 is 20.8 Å². The van der Waals surface area contributed by atoms with Crippen LogP contribution in [0.15, 0.2) is 12.5 Å². The van der Waals surface area contributed by atoms with E-state index in [0.29, 0.717) is 0 Å². The number of nitrogens with two attached hydrogens (primary N) is 1. The molecule has 0 aromatic rings. The predicted octanol–water partition coefficient (Wildman–Crippen LogP) is -1.48. The van der Waals surface area contributed by atoms with Crippen LogP contribution in [0.2, 0.25) is 0 Å². The topological polar surface area (TPSA) is 143 Å². The number of aliphatic hydroxyl groups excluding tert-OH is 2. The second kappa shape index (κ2) is 4.59. The lowest BCUT2D eigenvalue weighted by Gasteiger charge is -2.20. The number of aromatic nitrogens is 4. The molecule has 0 spiro atoms. The van der Waals surface area contributed by atoms with Gasteiger partial charge in [-0.25, -0.2) is 14.1 Å². The van der Waals surface area contributed by atoms with Gasteiger partial charge in [0.1, 0.15) is 30.3 Å². The fourth-order valence-corrected chi connectivity index (χ4v) is 2.35. The van der Waals surface area contributed by atoms with Gasteiger partial charge in [0, 0.05) is 11.8 Å². The number of nitriles is 1. The summed E-state index contributed by atoms with van der Waals surface area (Å²) in [6, 6.07) is 1.61. The Kier molecular flexibility index (Phi) is 2.98. The number of fused-ring (bicyclic) bond motifs is 1. The number of nitrogen functional groups attached to an aromatic ring is 1. The fourth-order valence-electron chi connectivity index (χ4n) is 2.35. The Morgan fingerprint density at radius 1 is 1.62 bits per heavy atom. The van der Waals surface area contributed by atoms with Crippen LogP contribution in [0.4, 0.5) is 4.39 Å². The van der Waals surface area contributed by atoms with Crippen molar-refractivity contribution in [1.82, 2.24) is 19.9 Å². The molecule has 4 atom stereocenters. The van der Waals surface area contributed by atoms with Gasteiger partial charge in [-0.05, 0) is 0 Å². The van der Waals surface area contributed by atoms with E-state index in [4.69, 9.17) is 15.8 Å². The molecule has 1 fully saturated rings. The quantitative estimate of drug-likeness (QED) is 0.569. The van der Waals surface area contributed by atoms with Crippen molar-refractivity contribution < 1.29 is 19.3 Å². The van der Waals surface area contributed by atoms with Gasteiger partial charge in [-0.3, -0.25) is 0 Å². The third-order valence-corrected chi connectivity index (χ3v) is 3.53. The van der Waals surface area contributed by atoms with Gasteiger partial charge in [0.2, 0.25) is 5.60 Å². The number of hydrogen-bond donors (Lipinski definition) is 3. The molecule has 0 aromatic heterocycles. The summed E-state index contributed by atoms with van der Waals surface area (Å²) in [5.41, 5.74) is -1.62. The first-order valence-corrected chi connectivity index (χ1v) is 6.00. The number of aliphatic hydroxyl groups is 2. The molecule has 0 amide bonds. The van der Waals surface area contributed by atoms with Crippen molar-refractivity contribution in [2.75, 3.05) is 12.4 Å². The Morgan fingerprint density at radius 3 is 3.00 bits per heavy atom. The largest absolute Gasteiger partial charge is 0.392 e. The molecular formula is C11H11FN6O3. The van der Waals surface area contributed by atoms with Gasteiger partial charge in [-0.15, -0.1) is 10.2 Å². The van der Waals surface area contributed by atoms with Crippen LogP contribution in [0.3, 0.4) is 0 Å². The Bertz CT molecular complexity index is 687. The van der Waals surface area contributed by atoms with Crippen LogP contribution in [0.25, 0.3) is 11.5 Å². The lowest BCUT2D eigenvalue weighted by molar-refractivity contribution is -0.0734. The SMILES string of the molecule is N#C[C@]1(CO)O[C@@H](c2cnc3n(N)cnnc2-3)[C@H](F)[C@@H]1O. The molecule has 0 bridgehead atoms. The van der Waals surface area contributed by atoms with E-state index in [1.807, 2.05) is 0 Å². The van der Waals surface area contributed by atoms with E-state index in [2.05, 4.69) is 15.2 Å². The molecule has 110 valence electrons. The number of halogens is 1. The molecule has 1 saturated heterocycles. The summed E-state index contributed by atoms with van der Waals surface area (Å²) in [7, 11) is 0. The second-order valence-corrected chi connectivity index (χ2v) is 4.71. The molecule has 21 heavy (non-hydrogen) atoms. The van der Waals surface area contributed by atoms with Crippen LogP contribution in [0, 0.1) is 11.3 Å². The van der Waals surface area contributed by atoms with Crippen LogP contribution >= 0.6 is 0 Å². The zero-order valence-electron chi connectivity index (χ0n) is 10.6. The number of nitrogens with zero attached hydrogens (tertiary/aromatic N) is 5. The Labute approximate surface area is 117 Å². The predicted molar refractivity (Wildman–Crippen MR) is 64.7 cm³/mol. The lowest BCUT2D eigenvalue weighted by Crippen LogP contribution is -2.44. The van der Waals surface area contributed by atoms with Crippen molar-refractivity contribution in [1.29, 1.82) is 5.26 Å². The highest BCUT2D eigenvalue weighted by molar-refractivity contribution is 5.58. The third-order valence-electron chi connectivity index (χ3n) is 3.53. The monoisotopic (exact) mass is 294 g/mol. The molecule has 0 unspecified atom stereocenters. The maximum Gasteiger partial charge on any atom is 0.206 e. The summed E-state index contributed by atoms with van der Waals surface area (Å²) in [5, 5.41) is 35.6. The summed E-state index contributed by atoms with van der Waals surface area (Å²) in [6.07, 6.45) is -2.49. The molecule has 4 N–H and O–H groups in total. The maximum absolute atomic E-state index is 14.3. The molecule has 10 heteroatoms. The Hall–Kier alpha value is -2.35. The standard InChI is InChI=1S/C11H11FN6O3/c12-6-8(21-11(2-13,3-19)9(6)20)5-1-15-10-7(5)17-16-4-18(10)14/h1,4,6,8-9,19-20H,3,14H2/t6-,8-,9-,11+/m0/s1. The van der Waals surface area contributed by atoms with E-state index < -0.39 is 30.6 Å². The van der Waals surface area contributed by atoms with E-state index in [1.165, 1.54) is 12.5 Å². The molecule has 3 rings (SSSR count). The third kappa shape index (κ3) is 1.75. The molecule has 9 nitrogen and oxygen atoms in total. The molecular weight excluding hydrogens is 283 g/mol. The summed E-state index contributed by atoms with van der Waals surface area (Å²) in [5.74, 6) is 5.86. The van der Waals surface area contributed by atoms with Gasteiger partial charge in [0.05, 0.1) is 6.61 Å². The van der Waals surface area contributed by atoms with Crippen LogP contribution in [-0.4, -0.2) is 54.6 Å². The first-order valence-electron chi connectivity index (χ1n) is 6.00. The average molecular weight is 294 g/mol. The molecule has 0 radical (unpaired) electrons. The van der Waals surface area contributed by atoms with Gasteiger partial charge >= 0.3 is 0 Å². The van der Waals surface area contributed by atoms with Crippen LogP contribution in [-0.2, 0) is 4.74 Å². The normalized spacial score (nSPS) is 32.4. The van der Waals surface area contributed by atoms with Crippen molar-refractivity contribution in [3.63, 3.8) is 0 Å². The fraction of sp³-hybridized carbons (Fsp3) is 0.455. The molecule has 3 aliphatic heterocycles. The van der Waals surface area contributed by atoms with Gasteiger partial charge in [-0.1, -0.05) is 0 Å². The number of rotatable bonds is 2. The first kappa shape index (κ1) is 13.6. The number of hydrogen-bond acceptors (Lipinski definition) is 8. The number of alkyl halides is 1. The summed E-state index contributed by atoms with van der Waals surface area (Å²) in [4.78, 5) is 3.98. The first-order chi connectivity index (χ1) is 10.0. The van der Waals surface area contributed by atoms with E-state index in [9.17, 15) is 14.6 Å². The highest BCUT2D eigenvalue weighted by Crippen LogP contribution is 2.44. The molecule has 3 aliphatic rings. The van der Waals surface area contributed by atoms with Crippen molar-refractivity contribution in [2.24, 2.45) is 0 Å². The van der Waals surface area contributed by atoms with E-state index in [1.54, 1.807) is 6.07 Å². The molecule has 0 saturated carbocycles. The van der Waals surface area contributed by atoms with E-state index in [0.717, 1.165) is 4.68 Å². The number of ether oxygens (including phenoxy) is 1. The van der Waals surface area contributed by atoms with E-state index in [-0.39, 0.29) is 17.1 Å².